The largest absolute Gasteiger partial charge is 0.278 e. The van der Waals surface area contributed by atoms with Gasteiger partial charge in [-0.2, -0.15) is 10.2 Å². The number of hydrazone groups is 1. The van der Waals surface area contributed by atoms with E-state index in [9.17, 15) is 4.21 Å². The van der Waals surface area contributed by atoms with Crippen molar-refractivity contribution in [2.45, 2.75) is 37.5 Å². The Morgan fingerprint density at radius 3 is 3.08 bits per heavy atom. The smallest absolute Gasteiger partial charge is 0.227 e. The average Bonchev–Trinajstić information content (AvgIpc) is 3.36. The van der Waals surface area contributed by atoms with E-state index in [0.717, 1.165) is 17.4 Å². The van der Waals surface area contributed by atoms with E-state index in [1.807, 2.05) is 30.1 Å². The van der Waals surface area contributed by atoms with Gasteiger partial charge in [0.05, 0.1) is 23.2 Å². The first-order valence-electron chi connectivity index (χ1n) is 8.68. The number of fused-ring (bicyclic) bond motifs is 1. The maximum absolute atomic E-state index is 12.8. The lowest BCUT2D eigenvalue weighted by molar-refractivity contribution is 0.342. The third-order valence-electron chi connectivity index (χ3n) is 4.90. The van der Waals surface area contributed by atoms with Crippen LogP contribution in [0.5, 0.6) is 0 Å². The lowest BCUT2D eigenvalue weighted by atomic mass is 9.88. The standard InChI is InChI=1S/C17H22N6OS/c1-2-18-16(23-12-17(11-20-23)7-3-4-8-17)22-25(24)14-5-6-15-13(9-14)10-19-21-15/h5-6,9-11H,2-4,7-8,12H2,1H3,(H,18,22)(H,19,21). The fourth-order valence-electron chi connectivity index (χ4n) is 3.56. The molecule has 0 radical (unpaired) electrons. The monoisotopic (exact) mass is 358 g/mol. The molecule has 0 amide bonds. The Balaban J connectivity index is 1.51. The summed E-state index contributed by atoms with van der Waals surface area (Å²) in [6, 6.07) is 5.59. The Kier molecular flexibility index (Phi) is 4.29. The number of hydrogen-bond acceptors (Lipinski definition) is 4. The van der Waals surface area contributed by atoms with Crippen molar-refractivity contribution in [3.05, 3.63) is 24.4 Å². The van der Waals surface area contributed by atoms with Gasteiger partial charge in [0, 0.05) is 23.6 Å². The van der Waals surface area contributed by atoms with Crippen LogP contribution in [0.4, 0.5) is 0 Å². The first-order valence-corrected chi connectivity index (χ1v) is 9.83. The summed E-state index contributed by atoms with van der Waals surface area (Å²) in [6.07, 6.45) is 8.65. The number of guanidine groups is 1. The minimum absolute atomic E-state index is 0.174. The molecule has 2 N–H and O–H groups in total. The highest BCUT2D eigenvalue weighted by molar-refractivity contribution is 7.83. The third kappa shape index (κ3) is 3.18. The Hall–Kier alpha value is -2.22. The second-order valence-corrected chi connectivity index (χ2v) is 7.87. The Labute approximate surface area is 149 Å². The molecule has 1 unspecified atom stereocenters. The van der Waals surface area contributed by atoms with E-state index in [2.05, 4.69) is 31.2 Å². The highest BCUT2D eigenvalue weighted by Crippen LogP contribution is 2.40. The molecule has 132 valence electrons. The fraction of sp³-hybridized carbons (Fsp3) is 0.471. The number of benzene rings is 1. The third-order valence-corrected chi connectivity index (χ3v) is 5.95. The van der Waals surface area contributed by atoms with Crippen molar-refractivity contribution in [1.82, 2.24) is 19.9 Å². The Morgan fingerprint density at radius 2 is 2.28 bits per heavy atom. The van der Waals surface area contributed by atoms with E-state index >= 15 is 0 Å². The van der Waals surface area contributed by atoms with Gasteiger partial charge in [0.25, 0.3) is 0 Å². The van der Waals surface area contributed by atoms with Gasteiger partial charge in [-0.1, -0.05) is 12.8 Å². The normalized spacial score (nSPS) is 20.7. The SMILES string of the molecule is CCN=C(NS(=O)c1ccc2[nH]ncc2c1)N1CC2(C=N1)CCCC2. The quantitative estimate of drug-likeness (QED) is 0.653. The van der Waals surface area contributed by atoms with Crippen LogP contribution < -0.4 is 4.72 Å². The molecule has 1 aliphatic carbocycles. The van der Waals surface area contributed by atoms with E-state index in [4.69, 9.17) is 0 Å². The molecule has 1 saturated carbocycles. The zero-order valence-corrected chi connectivity index (χ0v) is 15.1. The van der Waals surface area contributed by atoms with E-state index in [0.29, 0.717) is 17.4 Å². The van der Waals surface area contributed by atoms with Crippen LogP contribution in [0.2, 0.25) is 0 Å². The van der Waals surface area contributed by atoms with Crippen LogP contribution in [-0.4, -0.2) is 44.7 Å². The number of H-pyrrole nitrogens is 1. The maximum Gasteiger partial charge on any atom is 0.227 e. The molecule has 7 nitrogen and oxygen atoms in total. The zero-order chi connectivity index (χ0) is 17.3. The number of nitrogens with one attached hydrogen (secondary N) is 2. The molecule has 0 saturated heterocycles. The van der Waals surface area contributed by atoms with Crippen LogP contribution in [0.3, 0.4) is 0 Å². The number of nitrogens with zero attached hydrogens (tertiary/aromatic N) is 4. The van der Waals surface area contributed by atoms with Crippen LogP contribution in [-0.2, 0) is 11.0 Å². The number of rotatable bonds is 3. The van der Waals surface area contributed by atoms with Gasteiger partial charge in [-0.3, -0.25) is 14.8 Å². The molecule has 8 heteroatoms. The molecule has 0 bridgehead atoms. The van der Waals surface area contributed by atoms with Gasteiger partial charge >= 0.3 is 0 Å². The van der Waals surface area contributed by atoms with Crippen LogP contribution in [0, 0.1) is 5.41 Å². The molecule has 1 spiro atoms. The van der Waals surface area contributed by atoms with Crippen LogP contribution in [0.15, 0.2) is 39.4 Å². The van der Waals surface area contributed by atoms with E-state index in [1.54, 1.807) is 6.20 Å². The van der Waals surface area contributed by atoms with Gasteiger partial charge in [-0.25, -0.2) is 9.22 Å². The van der Waals surface area contributed by atoms with Crippen molar-refractivity contribution in [3.63, 3.8) is 0 Å². The summed E-state index contributed by atoms with van der Waals surface area (Å²) in [5, 5.41) is 14.2. The predicted octanol–water partition coefficient (Wildman–Crippen LogP) is 2.41. The van der Waals surface area contributed by atoms with Crippen molar-refractivity contribution in [2.75, 3.05) is 13.1 Å². The zero-order valence-electron chi connectivity index (χ0n) is 14.2. The molecule has 1 fully saturated rings. The van der Waals surface area contributed by atoms with Crippen LogP contribution in [0.1, 0.15) is 32.6 Å². The first-order chi connectivity index (χ1) is 12.2. The van der Waals surface area contributed by atoms with Crippen molar-refractivity contribution < 1.29 is 4.21 Å². The minimum atomic E-state index is -1.40. The second kappa shape index (κ2) is 6.59. The topological polar surface area (TPSA) is 85.7 Å². The maximum atomic E-state index is 12.8. The molecule has 4 rings (SSSR count). The summed E-state index contributed by atoms with van der Waals surface area (Å²) in [7, 11) is -1.40. The minimum Gasteiger partial charge on any atom is -0.278 e. The van der Waals surface area contributed by atoms with Gasteiger partial charge in [0.15, 0.2) is 11.0 Å². The summed E-state index contributed by atoms with van der Waals surface area (Å²) in [6.45, 7) is 3.39. The number of aromatic amines is 1. The second-order valence-electron chi connectivity index (χ2n) is 6.66. The molecule has 25 heavy (non-hydrogen) atoms. The summed E-state index contributed by atoms with van der Waals surface area (Å²) in [4.78, 5) is 5.18. The summed E-state index contributed by atoms with van der Waals surface area (Å²) >= 11 is 0. The fourth-order valence-corrected chi connectivity index (χ4v) is 4.44. The molecule has 2 aliphatic rings. The summed E-state index contributed by atoms with van der Waals surface area (Å²) < 4.78 is 15.8. The number of aromatic nitrogens is 2. The molecule has 1 aliphatic heterocycles. The first kappa shape index (κ1) is 16.3. The van der Waals surface area contributed by atoms with Gasteiger partial charge < -0.3 is 0 Å². The van der Waals surface area contributed by atoms with Crippen molar-refractivity contribution in [3.8, 4) is 0 Å². The molecule has 1 aromatic heterocycles. The van der Waals surface area contributed by atoms with E-state index in [1.165, 1.54) is 25.7 Å². The lowest BCUT2D eigenvalue weighted by Crippen LogP contribution is -2.40. The van der Waals surface area contributed by atoms with Crippen LogP contribution in [0.25, 0.3) is 10.9 Å². The molecular weight excluding hydrogens is 336 g/mol. The van der Waals surface area contributed by atoms with Crippen LogP contribution >= 0.6 is 0 Å². The van der Waals surface area contributed by atoms with Crippen molar-refractivity contribution in [2.24, 2.45) is 15.5 Å². The highest BCUT2D eigenvalue weighted by atomic mass is 32.2. The molecule has 2 aromatic rings. The Morgan fingerprint density at radius 1 is 1.44 bits per heavy atom. The van der Waals surface area contributed by atoms with E-state index < -0.39 is 11.0 Å². The van der Waals surface area contributed by atoms with Crippen molar-refractivity contribution in [1.29, 1.82) is 0 Å². The molecule has 1 aromatic carbocycles. The van der Waals surface area contributed by atoms with Gasteiger partial charge in [-0.15, -0.1) is 0 Å². The molecule has 1 atom stereocenters. The van der Waals surface area contributed by atoms with Crippen molar-refractivity contribution >= 4 is 34.1 Å². The summed E-state index contributed by atoms with van der Waals surface area (Å²) in [5.41, 5.74) is 1.10. The molecular formula is C17H22N6OS. The van der Waals surface area contributed by atoms with Gasteiger partial charge in [-0.05, 0) is 38.0 Å². The van der Waals surface area contributed by atoms with Gasteiger partial charge in [0.1, 0.15) is 0 Å². The predicted molar refractivity (Wildman–Crippen MR) is 99.7 cm³/mol. The number of aliphatic imine (C=N–C) groups is 1. The molecule has 2 heterocycles. The highest BCUT2D eigenvalue weighted by Gasteiger charge is 2.39. The number of hydrogen-bond donors (Lipinski definition) is 2. The van der Waals surface area contributed by atoms with E-state index in [-0.39, 0.29) is 5.41 Å². The Bertz CT molecular complexity index is 852. The lowest BCUT2D eigenvalue weighted by Gasteiger charge is -2.23. The average molecular weight is 358 g/mol. The summed E-state index contributed by atoms with van der Waals surface area (Å²) in [5.74, 6) is 0.577. The van der Waals surface area contributed by atoms with Gasteiger partial charge in [0.2, 0.25) is 5.96 Å².